The molecule has 18 heavy (non-hydrogen) atoms. The third-order valence-electron chi connectivity index (χ3n) is 5.28. The first kappa shape index (κ1) is 13.3. The highest BCUT2D eigenvalue weighted by atomic mass is 32.2. The van der Waals surface area contributed by atoms with Crippen LogP contribution in [0.15, 0.2) is 0 Å². The van der Waals surface area contributed by atoms with Crippen molar-refractivity contribution in [2.75, 3.05) is 18.1 Å². The molecule has 3 heteroatoms. The Morgan fingerprint density at radius 1 is 1.22 bits per heavy atom. The van der Waals surface area contributed by atoms with Gasteiger partial charge in [-0.15, -0.1) is 0 Å². The van der Waals surface area contributed by atoms with Crippen molar-refractivity contribution in [1.82, 2.24) is 0 Å². The second-order valence-electron chi connectivity index (χ2n) is 6.50. The summed E-state index contributed by atoms with van der Waals surface area (Å²) in [7, 11) is 0. The van der Waals surface area contributed by atoms with Crippen LogP contribution in [0.4, 0.5) is 0 Å². The normalized spacial score (nSPS) is 34.2. The van der Waals surface area contributed by atoms with Crippen LogP contribution in [0.3, 0.4) is 0 Å². The van der Waals surface area contributed by atoms with Gasteiger partial charge in [0.1, 0.15) is 0 Å². The van der Waals surface area contributed by atoms with Crippen molar-refractivity contribution in [3.05, 3.63) is 0 Å². The summed E-state index contributed by atoms with van der Waals surface area (Å²) < 4.78 is 6.11. The molecule has 3 rings (SSSR count). The Morgan fingerprint density at radius 3 is 2.67 bits per heavy atom. The Balaban J connectivity index is 1.55. The van der Waals surface area contributed by atoms with Gasteiger partial charge in [-0.1, -0.05) is 19.3 Å². The number of ether oxygens (including phenoxy) is 1. The van der Waals surface area contributed by atoms with Crippen LogP contribution in [0.25, 0.3) is 0 Å². The van der Waals surface area contributed by atoms with E-state index in [2.05, 4.69) is 11.8 Å². The maximum absolute atomic E-state index is 10.5. The van der Waals surface area contributed by atoms with Crippen LogP contribution in [0.2, 0.25) is 0 Å². The molecule has 2 unspecified atom stereocenters. The number of hydrogen-bond donors (Lipinski definition) is 1. The highest BCUT2D eigenvalue weighted by molar-refractivity contribution is 7.99. The van der Waals surface area contributed by atoms with E-state index < -0.39 is 0 Å². The number of hydrogen-bond acceptors (Lipinski definition) is 3. The van der Waals surface area contributed by atoms with E-state index in [1.165, 1.54) is 43.6 Å². The van der Waals surface area contributed by atoms with Gasteiger partial charge in [0.2, 0.25) is 0 Å². The molecule has 1 spiro atoms. The van der Waals surface area contributed by atoms with E-state index in [0.717, 1.165) is 31.8 Å². The molecule has 0 radical (unpaired) electrons. The van der Waals surface area contributed by atoms with Gasteiger partial charge in [0.15, 0.2) is 0 Å². The van der Waals surface area contributed by atoms with Crippen LogP contribution >= 0.6 is 11.8 Å². The summed E-state index contributed by atoms with van der Waals surface area (Å²) >= 11 is 2.05. The van der Waals surface area contributed by atoms with Crippen LogP contribution in [-0.2, 0) is 4.74 Å². The van der Waals surface area contributed by atoms with Gasteiger partial charge in [-0.25, -0.2) is 0 Å². The average Bonchev–Trinajstić information content (AvgIpc) is 2.34. The molecule has 0 aromatic heterocycles. The largest absolute Gasteiger partial charge is 0.393 e. The van der Waals surface area contributed by atoms with Crippen molar-refractivity contribution in [2.45, 2.75) is 63.1 Å². The Bertz CT molecular complexity index is 266. The average molecular weight is 270 g/mol. The van der Waals surface area contributed by atoms with Crippen LogP contribution in [0, 0.1) is 11.8 Å². The predicted octanol–water partition coefficient (Wildman–Crippen LogP) is 3.23. The van der Waals surface area contributed by atoms with Crippen molar-refractivity contribution >= 4 is 11.8 Å². The van der Waals surface area contributed by atoms with Gasteiger partial charge in [0.05, 0.1) is 11.7 Å². The molecule has 3 fully saturated rings. The van der Waals surface area contributed by atoms with Gasteiger partial charge >= 0.3 is 0 Å². The minimum absolute atomic E-state index is 0.0642. The lowest BCUT2D eigenvalue weighted by Gasteiger charge is -2.45. The highest BCUT2D eigenvalue weighted by Crippen LogP contribution is 2.42. The molecule has 104 valence electrons. The maximum atomic E-state index is 10.5. The summed E-state index contributed by atoms with van der Waals surface area (Å²) in [5.74, 6) is 3.81. The van der Waals surface area contributed by atoms with E-state index in [1.54, 1.807) is 0 Å². The molecule has 2 atom stereocenters. The van der Waals surface area contributed by atoms with Crippen molar-refractivity contribution in [3.8, 4) is 0 Å². The summed E-state index contributed by atoms with van der Waals surface area (Å²) in [6, 6.07) is 0. The van der Waals surface area contributed by atoms with Crippen LogP contribution in [0.5, 0.6) is 0 Å². The first-order chi connectivity index (χ1) is 8.77. The minimum Gasteiger partial charge on any atom is -0.393 e. The zero-order valence-electron chi connectivity index (χ0n) is 11.3. The topological polar surface area (TPSA) is 29.5 Å². The van der Waals surface area contributed by atoms with E-state index >= 15 is 0 Å². The fourth-order valence-corrected chi connectivity index (χ4v) is 4.99. The molecule has 3 aliphatic rings. The summed E-state index contributed by atoms with van der Waals surface area (Å²) in [4.78, 5) is 0. The van der Waals surface area contributed by atoms with Gasteiger partial charge < -0.3 is 9.84 Å². The Morgan fingerprint density at radius 2 is 2.00 bits per heavy atom. The minimum atomic E-state index is -0.0642. The lowest BCUT2D eigenvalue weighted by Crippen LogP contribution is -2.45. The highest BCUT2D eigenvalue weighted by Gasteiger charge is 2.41. The quantitative estimate of drug-likeness (QED) is 0.854. The second-order valence-corrected chi connectivity index (χ2v) is 7.72. The van der Waals surface area contributed by atoms with Crippen molar-refractivity contribution in [1.29, 1.82) is 0 Å². The molecule has 0 aromatic carbocycles. The smallest absolute Gasteiger partial charge is 0.0701 e. The molecule has 0 amide bonds. The number of aliphatic hydroxyl groups excluding tert-OH is 1. The molecule has 2 heterocycles. The van der Waals surface area contributed by atoms with Crippen LogP contribution in [0.1, 0.15) is 51.4 Å². The fourth-order valence-electron chi connectivity index (χ4n) is 3.75. The fraction of sp³-hybridized carbons (Fsp3) is 1.00. The zero-order valence-corrected chi connectivity index (χ0v) is 12.1. The molecule has 1 aliphatic carbocycles. The molecule has 1 saturated carbocycles. The summed E-state index contributed by atoms with van der Waals surface area (Å²) in [5, 5.41) is 10.5. The van der Waals surface area contributed by atoms with Gasteiger partial charge in [0, 0.05) is 6.61 Å². The molecular weight excluding hydrogens is 244 g/mol. The molecule has 0 bridgehead atoms. The van der Waals surface area contributed by atoms with Gasteiger partial charge in [-0.3, -0.25) is 0 Å². The van der Waals surface area contributed by atoms with E-state index in [9.17, 15) is 5.11 Å². The first-order valence-electron chi connectivity index (χ1n) is 7.67. The summed E-state index contributed by atoms with van der Waals surface area (Å²) in [5.41, 5.74) is 0.134. The SMILES string of the molecule is OC(CC1CCC1)C1CCOC2(CCSCC2)C1. The number of thioether (sulfide) groups is 1. The number of rotatable bonds is 3. The number of aliphatic hydroxyl groups is 1. The van der Waals surface area contributed by atoms with E-state index in [-0.39, 0.29) is 11.7 Å². The van der Waals surface area contributed by atoms with Gasteiger partial charge in [0.25, 0.3) is 0 Å². The molecule has 1 N–H and O–H groups in total. The molecule has 2 nitrogen and oxygen atoms in total. The molecular formula is C15H26O2S. The Hall–Kier alpha value is 0.270. The Kier molecular flexibility index (Phi) is 4.21. The molecule has 2 aliphatic heterocycles. The standard InChI is InChI=1S/C15H26O2S/c16-14(10-12-2-1-3-12)13-4-7-17-15(11-13)5-8-18-9-6-15/h12-14,16H,1-11H2. The predicted molar refractivity (Wildman–Crippen MR) is 75.9 cm³/mol. The third-order valence-corrected chi connectivity index (χ3v) is 6.26. The third kappa shape index (κ3) is 2.88. The van der Waals surface area contributed by atoms with Gasteiger partial charge in [-0.05, 0) is 55.4 Å². The molecule has 2 saturated heterocycles. The summed E-state index contributed by atoms with van der Waals surface area (Å²) in [6.07, 6.45) is 9.65. The van der Waals surface area contributed by atoms with E-state index in [4.69, 9.17) is 4.74 Å². The second kappa shape index (κ2) is 5.72. The van der Waals surface area contributed by atoms with E-state index in [1.807, 2.05) is 0 Å². The van der Waals surface area contributed by atoms with Crippen molar-refractivity contribution in [3.63, 3.8) is 0 Å². The van der Waals surface area contributed by atoms with Crippen LogP contribution < -0.4 is 0 Å². The monoisotopic (exact) mass is 270 g/mol. The first-order valence-corrected chi connectivity index (χ1v) is 8.83. The van der Waals surface area contributed by atoms with Crippen molar-refractivity contribution < 1.29 is 9.84 Å². The maximum Gasteiger partial charge on any atom is 0.0701 e. The van der Waals surface area contributed by atoms with Crippen molar-refractivity contribution in [2.24, 2.45) is 11.8 Å². The van der Waals surface area contributed by atoms with Crippen LogP contribution in [-0.4, -0.2) is 34.9 Å². The lowest BCUT2D eigenvalue weighted by atomic mass is 9.74. The zero-order chi connectivity index (χ0) is 12.4. The molecule has 0 aromatic rings. The summed E-state index contributed by atoms with van der Waals surface area (Å²) in [6.45, 7) is 0.872. The van der Waals surface area contributed by atoms with E-state index in [0.29, 0.717) is 5.92 Å². The lowest BCUT2D eigenvalue weighted by molar-refractivity contribution is -0.123. The Labute approximate surface area is 115 Å². The van der Waals surface area contributed by atoms with Gasteiger partial charge in [-0.2, -0.15) is 11.8 Å².